The molecule has 7 nitrogen and oxygen atoms in total. The van der Waals surface area contributed by atoms with Crippen LogP contribution in [0.5, 0.6) is 0 Å². The van der Waals surface area contributed by atoms with E-state index in [0.717, 1.165) is 10.6 Å². The maximum atomic E-state index is 7.48. The molecule has 4 rings (SSSR count). The minimum atomic E-state index is 0. The molecule has 0 aliphatic heterocycles. The molecule has 0 atom stereocenters. The van der Waals surface area contributed by atoms with E-state index < -0.39 is 0 Å². The highest BCUT2D eigenvalue weighted by atomic mass is 35.5. The number of aromatic amines is 1. The lowest BCUT2D eigenvalue weighted by Crippen LogP contribution is -2.08. The van der Waals surface area contributed by atoms with Crippen LogP contribution in [0, 0.1) is 5.41 Å². The average Bonchev–Trinajstić information content (AvgIpc) is 3.10. The fourth-order valence-electron chi connectivity index (χ4n) is 2.30. The molecule has 0 aromatic carbocycles. The first-order valence-corrected chi connectivity index (χ1v) is 8.59. The number of H-pyrrole nitrogens is 1. The number of nitrogen functional groups attached to an aromatic ring is 1. The number of halogens is 1. The number of amidine groups is 1. The lowest BCUT2D eigenvalue weighted by molar-refractivity contribution is 0.966. The lowest BCUT2D eigenvalue weighted by Gasteiger charge is -2.05. The van der Waals surface area contributed by atoms with Crippen LogP contribution in [0.1, 0.15) is 30.8 Å². The first-order chi connectivity index (χ1) is 11.6. The molecule has 3 aromatic rings. The molecule has 0 unspecified atom stereocenters. The van der Waals surface area contributed by atoms with Gasteiger partial charge in [0.1, 0.15) is 10.9 Å². The summed E-state index contributed by atoms with van der Waals surface area (Å²) in [5.41, 5.74) is 6.63. The van der Waals surface area contributed by atoms with Gasteiger partial charge >= 0.3 is 0 Å². The Kier molecular flexibility index (Phi) is 3.70. The third-order valence-electron chi connectivity index (χ3n) is 3.70. The Hall–Kier alpha value is -2.45. The summed E-state index contributed by atoms with van der Waals surface area (Å²) in [6, 6.07) is 5.60. The van der Waals surface area contributed by atoms with Crippen molar-refractivity contribution in [2.75, 3.05) is 5.32 Å². The zero-order valence-corrected chi connectivity index (χ0v) is 14.1. The molecule has 3 heterocycles. The standard InChI is InChI=1S/C15H14ClN7S.H2/c16-8-6-19-15(11-4-3-10(24-11)13(17)18)21-14(8)20-12-5-9(22-23-12)7-1-2-7;/h3-7H,1-2H2,(H3,17,18)(H2,19,20,21,22,23);1H. The van der Waals surface area contributed by atoms with Gasteiger partial charge in [-0.05, 0) is 25.0 Å². The predicted molar refractivity (Wildman–Crippen MR) is 97.3 cm³/mol. The Balaban J connectivity index is 0.00000182. The summed E-state index contributed by atoms with van der Waals surface area (Å²) in [7, 11) is 0. The van der Waals surface area contributed by atoms with Crippen molar-refractivity contribution in [3.63, 3.8) is 0 Å². The van der Waals surface area contributed by atoms with E-state index in [1.54, 1.807) is 12.3 Å². The highest BCUT2D eigenvalue weighted by molar-refractivity contribution is 7.17. The summed E-state index contributed by atoms with van der Waals surface area (Å²) in [5.74, 6) is 2.33. The largest absolute Gasteiger partial charge is 0.383 e. The molecule has 1 aliphatic rings. The number of aromatic nitrogens is 4. The number of nitrogens with two attached hydrogens (primary N) is 1. The van der Waals surface area contributed by atoms with Gasteiger partial charge < -0.3 is 11.1 Å². The average molecular weight is 362 g/mol. The number of hydrogen-bond donors (Lipinski definition) is 4. The van der Waals surface area contributed by atoms with Crippen LogP contribution in [0.25, 0.3) is 10.7 Å². The van der Waals surface area contributed by atoms with Crippen LogP contribution >= 0.6 is 22.9 Å². The van der Waals surface area contributed by atoms with Crippen molar-refractivity contribution in [2.24, 2.45) is 5.73 Å². The summed E-state index contributed by atoms with van der Waals surface area (Å²) < 4.78 is 0. The molecule has 0 radical (unpaired) electrons. The van der Waals surface area contributed by atoms with Gasteiger partial charge in [-0.2, -0.15) is 5.10 Å². The van der Waals surface area contributed by atoms with E-state index in [4.69, 9.17) is 22.7 Å². The van der Waals surface area contributed by atoms with Crippen molar-refractivity contribution in [3.05, 3.63) is 40.0 Å². The Morgan fingerprint density at radius 3 is 3.00 bits per heavy atom. The first-order valence-electron chi connectivity index (χ1n) is 7.39. The molecule has 0 amide bonds. The third-order valence-corrected chi connectivity index (χ3v) is 5.09. The molecule has 0 spiro atoms. The van der Waals surface area contributed by atoms with Crippen LogP contribution in [-0.4, -0.2) is 26.0 Å². The number of rotatable bonds is 5. The zero-order valence-electron chi connectivity index (χ0n) is 12.5. The quantitative estimate of drug-likeness (QED) is 0.408. The Morgan fingerprint density at radius 1 is 1.46 bits per heavy atom. The first kappa shape index (κ1) is 15.1. The number of nitrogens with one attached hydrogen (secondary N) is 3. The monoisotopic (exact) mass is 361 g/mol. The van der Waals surface area contributed by atoms with E-state index in [0.29, 0.717) is 33.3 Å². The van der Waals surface area contributed by atoms with E-state index in [2.05, 4.69) is 25.5 Å². The van der Waals surface area contributed by atoms with Gasteiger partial charge in [0, 0.05) is 19.1 Å². The van der Waals surface area contributed by atoms with Gasteiger partial charge in [0.05, 0.1) is 16.0 Å². The number of hydrogen-bond acceptors (Lipinski definition) is 6. The zero-order chi connectivity index (χ0) is 16.7. The maximum absolute atomic E-state index is 7.48. The van der Waals surface area contributed by atoms with Crippen molar-refractivity contribution in [2.45, 2.75) is 18.8 Å². The molecule has 1 fully saturated rings. The van der Waals surface area contributed by atoms with Gasteiger partial charge in [0.2, 0.25) is 0 Å². The molecule has 1 saturated carbocycles. The molecule has 124 valence electrons. The Bertz CT molecular complexity index is 918. The topological polar surface area (TPSA) is 116 Å². The second kappa shape index (κ2) is 5.88. The highest BCUT2D eigenvalue weighted by Gasteiger charge is 2.25. The number of anilines is 2. The predicted octanol–water partition coefficient (Wildman–Crippen LogP) is 3.73. The molecular formula is C15H16ClN7S. The molecule has 24 heavy (non-hydrogen) atoms. The minimum Gasteiger partial charge on any atom is -0.383 e. The van der Waals surface area contributed by atoms with Crippen LogP contribution in [0.15, 0.2) is 24.4 Å². The fraction of sp³-hybridized carbons (Fsp3) is 0.200. The van der Waals surface area contributed by atoms with Crippen molar-refractivity contribution in [3.8, 4) is 10.7 Å². The van der Waals surface area contributed by atoms with Gasteiger partial charge in [-0.1, -0.05) is 11.6 Å². The second-order valence-corrected chi connectivity index (χ2v) is 7.07. The van der Waals surface area contributed by atoms with Crippen LogP contribution in [-0.2, 0) is 0 Å². The van der Waals surface area contributed by atoms with E-state index in [1.807, 2.05) is 12.1 Å². The summed E-state index contributed by atoms with van der Waals surface area (Å²) >= 11 is 7.56. The Labute approximate surface area is 148 Å². The Morgan fingerprint density at radius 2 is 2.29 bits per heavy atom. The van der Waals surface area contributed by atoms with E-state index in [9.17, 15) is 0 Å². The lowest BCUT2D eigenvalue weighted by atomic mass is 10.3. The fourth-order valence-corrected chi connectivity index (χ4v) is 3.25. The van der Waals surface area contributed by atoms with Crippen molar-refractivity contribution in [1.82, 2.24) is 20.2 Å². The van der Waals surface area contributed by atoms with Gasteiger partial charge in [-0.15, -0.1) is 11.3 Å². The van der Waals surface area contributed by atoms with Gasteiger partial charge in [-0.3, -0.25) is 10.5 Å². The molecule has 0 bridgehead atoms. The van der Waals surface area contributed by atoms with Gasteiger partial charge in [-0.25, -0.2) is 9.97 Å². The van der Waals surface area contributed by atoms with E-state index in [1.165, 1.54) is 24.2 Å². The van der Waals surface area contributed by atoms with Gasteiger partial charge in [0.15, 0.2) is 17.5 Å². The SMILES string of the molecule is N=C(N)c1ccc(-c2ncc(Cl)c(Nc3cc(C4CC4)[nH]n3)n2)s1.[HH]. The molecule has 5 N–H and O–H groups in total. The summed E-state index contributed by atoms with van der Waals surface area (Å²) in [6.07, 6.45) is 3.96. The third kappa shape index (κ3) is 2.98. The smallest absolute Gasteiger partial charge is 0.171 e. The normalized spacial score (nSPS) is 13.9. The van der Waals surface area contributed by atoms with Crippen LogP contribution in [0.2, 0.25) is 5.02 Å². The molecule has 9 heteroatoms. The molecule has 3 aromatic heterocycles. The summed E-state index contributed by atoms with van der Waals surface area (Å²) in [6.45, 7) is 0. The van der Waals surface area contributed by atoms with Crippen LogP contribution in [0.3, 0.4) is 0 Å². The highest BCUT2D eigenvalue weighted by Crippen LogP contribution is 2.40. The van der Waals surface area contributed by atoms with E-state index in [-0.39, 0.29) is 7.26 Å². The summed E-state index contributed by atoms with van der Waals surface area (Å²) in [4.78, 5) is 10.2. The van der Waals surface area contributed by atoms with E-state index >= 15 is 0 Å². The maximum Gasteiger partial charge on any atom is 0.171 e. The number of thiophene rings is 1. The van der Waals surface area contributed by atoms with Crippen LogP contribution < -0.4 is 11.1 Å². The minimum absolute atomic E-state index is 0. The van der Waals surface area contributed by atoms with Crippen LogP contribution in [0.4, 0.5) is 11.6 Å². The van der Waals surface area contributed by atoms with Crippen molar-refractivity contribution in [1.29, 1.82) is 5.41 Å². The second-order valence-electron chi connectivity index (χ2n) is 5.58. The molecule has 0 saturated heterocycles. The summed E-state index contributed by atoms with van der Waals surface area (Å²) in [5, 5.41) is 18.3. The molecule has 1 aliphatic carbocycles. The number of nitrogens with zero attached hydrogens (tertiary/aromatic N) is 3. The van der Waals surface area contributed by atoms with Crippen molar-refractivity contribution < 1.29 is 1.43 Å². The van der Waals surface area contributed by atoms with Gasteiger partial charge in [0.25, 0.3) is 0 Å². The van der Waals surface area contributed by atoms with Crippen molar-refractivity contribution >= 4 is 40.4 Å². The molecular weight excluding hydrogens is 346 g/mol.